The van der Waals surface area contributed by atoms with Crippen molar-refractivity contribution in [3.8, 4) is 0 Å². The molecule has 2 nitrogen and oxygen atoms in total. The van der Waals surface area contributed by atoms with E-state index in [0.717, 1.165) is 13.0 Å². The molecule has 0 radical (unpaired) electrons. The maximum Gasteiger partial charge on any atom is 0.0626 e. The number of hydrogen-bond acceptors (Lipinski definition) is 2. The van der Waals surface area contributed by atoms with E-state index in [-0.39, 0.29) is 0 Å². The fourth-order valence-electron chi connectivity index (χ4n) is 2.04. The standard InChI is InChI=1S/C13H18N2/c1-4-12-10-15(14(3)11(12)2)13-8-6-5-7-9-13/h5-9H,4,10H2,1-3H3. The monoisotopic (exact) mass is 202 g/mol. The molecule has 0 amide bonds. The molecule has 0 fully saturated rings. The maximum atomic E-state index is 2.31. The van der Waals surface area contributed by atoms with Gasteiger partial charge in [0.2, 0.25) is 0 Å². The zero-order valence-corrected chi connectivity index (χ0v) is 9.70. The van der Waals surface area contributed by atoms with Crippen LogP contribution in [-0.2, 0) is 0 Å². The molecular weight excluding hydrogens is 184 g/mol. The summed E-state index contributed by atoms with van der Waals surface area (Å²) in [6.07, 6.45) is 1.14. The van der Waals surface area contributed by atoms with Gasteiger partial charge < -0.3 is 0 Å². The smallest absolute Gasteiger partial charge is 0.0626 e. The molecule has 0 aromatic heterocycles. The SMILES string of the molecule is CCC1=C(C)N(C)N(c2ccccc2)C1. The Morgan fingerprint density at radius 1 is 1.20 bits per heavy atom. The summed E-state index contributed by atoms with van der Waals surface area (Å²) in [4.78, 5) is 0. The summed E-state index contributed by atoms with van der Waals surface area (Å²) >= 11 is 0. The molecule has 0 spiro atoms. The minimum atomic E-state index is 1.03. The van der Waals surface area contributed by atoms with Crippen molar-refractivity contribution in [3.05, 3.63) is 41.6 Å². The summed E-state index contributed by atoms with van der Waals surface area (Å²) in [5.41, 5.74) is 4.19. The second kappa shape index (κ2) is 3.97. The van der Waals surface area contributed by atoms with Crippen LogP contribution in [0.5, 0.6) is 0 Å². The van der Waals surface area contributed by atoms with E-state index in [1.54, 1.807) is 0 Å². The van der Waals surface area contributed by atoms with Crippen LogP contribution in [0.3, 0.4) is 0 Å². The number of hydrazine groups is 1. The van der Waals surface area contributed by atoms with E-state index in [2.05, 4.69) is 61.2 Å². The van der Waals surface area contributed by atoms with Crippen LogP contribution in [-0.4, -0.2) is 18.6 Å². The molecule has 0 saturated carbocycles. The molecule has 1 aliphatic rings. The van der Waals surface area contributed by atoms with Crippen LogP contribution in [0.25, 0.3) is 0 Å². The Morgan fingerprint density at radius 2 is 1.87 bits per heavy atom. The number of allylic oxidation sites excluding steroid dienone is 1. The van der Waals surface area contributed by atoms with Crippen molar-refractivity contribution in [1.82, 2.24) is 5.01 Å². The fraction of sp³-hybridized carbons (Fsp3) is 0.385. The summed E-state index contributed by atoms with van der Waals surface area (Å²) in [5, 5.41) is 4.56. The van der Waals surface area contributed by atoms with E-state index >= 15 is 0 Å². The highest BCUT2D eigenvalue weighted by Crippen LogP contribution is 2.28. The van der Waals surface area contributed by atoms with Gasteiger partial charge >= 0.3 is 0 Å². The molecule has 0 N–H and O–H groups in total. The number of rotatable bonds is 2. The topological polar surface area (TPSA) is 6.48 Å². The molecule has 1 heterocycles. The second-order valence-corrected chi connectivity index (χ2v) is 3.96. The first-order valence-corrected chi connectivity index (χ1v) is 5.49. The Hall–Kier alpha value is -1.44. The third-order valence-corrected chi connectivity index (χ3v) is 3.18. The van der Waals surface area contributed by atoms with Gasteiger partial charge in [-0.15, -0.1) is 0 Å². The van der Waals surface area contributed by atoms with Crippen molar-refractivity contribution in [2.75, 3.05) is 18.6 Å². The van der Waals surface area contributed by atoms with Gasteiger partial charge in [-0.05, 0) is 31.1 Å². The number of para-hydroxylation sites is 1. The zero-order chi connectivity index (χ0) is 10.8. The largest absolute Gasteiger partial charge is 0.292 e. The van der Waals surface area contributed by atoms with Crippen molar-refractivity contribution in [3.63, 3.8) is 0 Å². The number of benzene rings is 1. The van der Waals surface area contributed by atoms with Crippen molar-refractivity contribution in [2.24, 2.45) is 0 Å². The number of anilines is 1. The number of nitrogens with zero attached hydrogens (tertiary/aromatic N) is 2. The molecule has 80 valence electrons. The molecule has 1 aromatic rings. The van der Waals surface area contributed by atoms with Crippen LogP contribution in [0, 0.1) is 0 Å². The number of hydrogen-bond donors (Lipinski definition) is 0. The molecular formula is C13H18N2. The fourth-order valence-corrected chi connectivity index (χ4v) is 2.04. The molecule has 1 aromatic carbocycles. The van der Waals surface area contributed by atoms with Gasteiger partial charge in [-0.25, -0.2) is 0 Å². The maximum absolute atomic E-state index is 2.31. The molecule has 15 heavy (non-hydrogen) atoms. The molecule has 0 bridgehead atoms. The first-order chi connectivity index (χ1) is 7.24. The Morgan fingerprint density at radius 3 is 2.40 bits per heavy atom. The van der Waals surface area contributed by atoms with Crippen LogP contribution in [0.1, 0.15) is 20.3 Å². The Kier molecular flexibility index (Phi) is 2.67. The molecule has 0 unspecified atom stereocenters. The minimum absolute atomic E-state index is 1.03. The summed E-state index contributed by atoms with van der Waals surface area (Å²) in [5.74, 6) is 0. The van der Waals surface area contributed by atoms with Gasteiger partial charge in [-0.2, -0.15) is 0 Å². The van der Waals surface area contributed by atoms with Gasteiger partial charge in [0.1, 0.15) is 0 Å². The van der Waals surface area contributed by atoms with E-state index in [9.17, 15) is 0 Å². The van der Waals surface area contributed by atoms with Crippen molar-refractivity contribution < 1.29 is 0 Å². The predicted octanol–water partition coefficient (Wildman–Crippen LogP) is 3.04. The van der Waals surface area contributed by atoms with E-state index in [0.29, 0.717) is 0 Å². The molecule has 0 saturated heterocycles. The van der Waals surface area contributed by atoms with E-state index < -0.39 is 0 Å². The third-order valence-electron chi connectivity index (χ3n) is 3.18. The van der Waals surface area contributed by atoms with E-state index in [1.807, 2.05) is 0 Å². The van der Waals surface area contributed by atoms with Gasteiger partial charge in [-0.1, -0.05) is 25.1 Å². The third kappa shape index (κ3) is 1.72. The summed E-state index contributed by atoms with van der Waals surface area (Å²) in [7, 11) is 2.13. The van der Waals surface area contributed by atoms with Crippen LogP contribution in [0.15, 0.2) is 41.6 Å². The second-order valence-electron chi connectivity index (χ2n) is 3.96. The zero-order valence-electron chi connectivity index (χ0n) is 9.70. The van der Waals surface area contributed by atoms with E-state index in [4.69, 9.17) is 0 Å². The lowest BCUT2D eigenvalue weighted by atomic mass is 10.2. The molecule has 2 rings (SSSR count). The van der Waals surface area contributed by atoms with Crippen LogP contribution < -0.4 is 5.01 Å². The summed E-state index contributed by atoms with van der Waals surface area (Å²) in [6.45, 7) is 5.45. The molecule has 1 aliphatic heterocycles. The average molecular weight is 202 g/mol. The average Bonchev–Trinajstić information content (AvgIpc) is 2.57. The van der Waals surface area contributed by atoms with Gasteiger partial charge in [0, 0.05) is 12.7 Å². The first-order valence-electron chi connectivity index (χ1n) is 5.49. The van der Waals surface area contributed by atoms with Crippen molar-refractivity contribution in [2.45, 2.75) is 20.3 Å². The van der Waals surface area contributed by atoms with Gasteiger partial charge in [0.05, 0.1) is 12.2 Å². The van der Waals surface area contributed by atoms with Gasteiger partial charge in [0.25, 0.3) is 0 Å². The Balaban J connectivity index is 2.23. The highest BCUT2D eigenvalue weighted by Gasteiger charge is 2.22. The minimum Gasteiger partial charge on any atom is -0.292 e. The lowest BCUT2D eigenvalue weighted by Crippen LogP contribution is -2.33. The van der Waals surface area contributed by atoms with Crippen LogP contribution >= 0.6 is 0 Å². The molecule has 0 atom stereocenters. The van der Waals surface area contributed by atoms with Crippen LogP contribution in [0.4, 0.5) is 5.69 Å². The summed E-state index contributed by atoms with van der Waals surface area (Å²) < 4.78 is 0. The Labute approximate surface area is 91.8 Å². The van der Waals surface area contributed by atoms with Crippen LogP contribution in [0.2, 0.25) is 0 Å². The molecule has 2 heteroatoms. The van der Waals surface area contributed by atoms with Gasteiger partial charge in [-0.3, -0.25) is 10.0 Å². The predicted molar refractivity (Wildman–Crippen MR) is 64.5 cm³/mol. The highest BCUT2D eigenvalue weighted by atomic mass is 15.6. The quantitative estimate of drug-likeness (QED) is 0.727. The van der Waals surface area contributed by atoms with Crippen molar-refractivity contribution in [1.29, 1.82) is 0 Å². The normalized spacial score (nSPS) is 16.5. The lowest BCUT2D eigenvalue weighted by Gasteiger charge is -2.29. The Bertz CT molecular complexity index is 367. The van der Waals surface area contributed by atoms with E-state index in [1.165, 1.54) is 17.0 Å². The summed E-state index contributed by atoms with van der Waals surface area (Å²) in [6, 6.07) is 10.5. The van der Waals surface area contributed by atoms with Gasteiger partial charge in [0.15, 0.2) is 0 Å². The molecule has 0 aliphatic carbocycles. The highest BCUT2D eigenvalue weighted by molar-refractivity contribution is 5.49. The lowest BCUT2D eigenvalue weighted by molar-refractivity contribution is 0.422. The van der Waals surface area contributed by atoms with Crippen molar-refractivity contribution >= 4 is 5.69 Å². The first kappa shape index (κ1) is 10.1.